The van der Waals surface area contributed by atoms with Crippen LogP contribution < -0.4 is 9.47 Å². The van der Waals surface area contributed by atoms with E-state index in [9.17, 15) is 4.79 Å². The van der Waals surface area contributed by atoms with Gasteiger partial charge in [-0.25, -0.2) is 4.98 Å². The average Bonchev–Trinajstić information content (AvgIpc) is 3.00. The standard InChI is InChI=1S/C20H22N2O3S/c1-5-24-17-11-15-16(12-18(17)25-6-2)22(20(21-15)26-4)19(23)14-9-7-13(3)8-10-14/h7-12H,5-6H2,1-4H3. The number of ether oxygens (including phenoxy) is 2. The summed E-state index contributed by atoms with van der Waals surface area (Å²) in [6, 6.07) is 11.2. The van der Waals surface area contributed by atoms with E-state index in [-0.39, 0.29) is 5.91 Å². The van der Waals surface area contributed by atoms with Crippen LogP contribution >= 0.6 is 11.8 Å². The van der Waals surface area contributed by atoms with Gasteiger partial charge >= 0.3 is 0 Å². The minimum Gasteiger partial charge on any atom is -0.490 e. The fourth-order valence-electron chi connectivity index (χ4n) is 2.76. The van der Waals surface area contributed by atoms with Gasteiger partial charge in [0.25, 0.3) is 5.91 Å². The highest BCUT2D eigenvalue weighted by Crippen LogP contribution is 2.35. The summed E-state index contributed by atoms with van der Waals surface area (Å²) in [7, 11) is 0. The normalized spacial score (nSPS) is 10.9. The molecule has 0 bridgehead atoms. The number of aromatic nitrogens is 2. The van der Waals surface area contributed by atoms with Crippen molar-refractivity contribution in [1.82, 2.24) is 9.55 Å². The topological polar surface area (TPSA) is 53.4 Å². The third kappa shape index (κ3) is 3.42. The van der Waals surface area contributed by atoms with Crippen LogP contribution in [0.4, 0.5) is 0 Å². The molecule has 0 spiro atoms. The number of rotatable bonds is 6. The van der Waals surface area contributed by atoms with Gasteiger partial charge in [0.05, 0.1) is 24.2 Å². The molecule has 1 aromatic heterocycles. The van der Waals surface area contributed by atoms with E-state index in [1.807, 2.05) is 63.4 Å². The molecule has 0 aliphatic carbocycles. The molecule has 2 aromatic carbocycles. The minimum absolute atomic E-state index is 0.108. The van der Waals surface area contributed by atoms with E-state index in [1.165, 1.54) is 11.8 Å². The van der Waals surface area contributed by atoms with Crippen molar-refractivity contribution in [1.29, 1.82) is 0 Å². The lowest BCUT2D eigenvalue weighted by atomic mass is 10.1. The van der Waals surface area contributed by atoms with Crippen LogP contribution in [0.1, 0.15) is 29.8 Å². The zero-order chi connectivity index (χ0) is 18.7. The monoisotopic (exact) mass is 370 g/mol. The maximum Gasteiger partial charge on any atom is 0.264 e. The van der Waals surface area contributed by atoms with Crippen LogP contribution in [0.3, 0.4) is 0 Å². The molecule has 136 valence electrons. The highest BCUT2D eigenvalue weighted by Gasteiger charge is 2.20. The molecule has 3 aromatic rings. The predicted octanol–water partition coefficient (Wildman–Crippen LogP) is 4.55. The molecule has 0 amide bonds. The summed E-state index contributed by atoms with van der Waals surface area (Å²) < 4.78 is 13.0. The summed E-state index contributed by atoms with van der Waals surface area (Å²) in [4.78, 5) is 17.7. The molecule has 1 heterocycles. The number of fused-ring (bicyclic) bond motifs is 1. The molecule has 6 heteroatoms. The number of benzene rings is 2. The second-order valence-electron chi connectivity index (χ2n) is 5.76. The molecule has 0 fully saturated rings. The highest BCUT2D eigenvalue weighted by molar-refractivity contribution is 7.98. The molecular weight excluding hydrogens is 348 g/mol. The average molecular weight is 370 g/mol. The number of imidazole rings is 1. The van der Waals surface area contributed by atoms with Crippen molar-refractivity contribution in [2.45, 2.75) is 25.9 Å². The maximum atomic E-state index is 13.1. The van der Waals surface area contributed by atoms with E-state index in [2.05, 4.69) is 4.98 Å². The Hall–Kier alpha value is -2.47. The number of thioether (sulfide) groups is 1. The third-order valence-corrected chi connectivity index (χ3v) is 4.61. The van der Waals surface area contributed by atoms with Crippen molar-refractivity contribution in [2.24, 2.45) is 0 Å². The molecule has 0 saturated heterocycles. The number of carbonyl (C=O) groups excluding carboxylic acids is 1. The Morgan fingerprint density at radius 1 is 1.08 bits per heavy atom. The summed E-state index contributed by atoms with van der Waals surface area (Å²) in [5, 5.41) is 0.640. The van der Waals surface area contributed by atoms with Crippen LogP contribution in [0.5, 0.6) is 11.5 Å². The lowest BCUT2D eigenvalue weighted by molar-refractivity contribution is 0.0955. The van der Waals surface area contributed by atoms with Crippen molar-refractivity contribution in [3.05, 3.63) is 47.5 Å². The molecule has 0 aliphatic rings. The molecule has 0 saturated carbocycles. The van der Waals surface area contributed by atoms with Crippen molar-refractivity contribution < 1.29 is 14.3 Å². The summed E-state index contributed by atoms with van der Waals surface area (Å²) in [6.45, 7) is 6.89. The molecule has 0 unspecified atom stereocenters. The summed E-state index contributed by atoms with van der Waals surface area (Å²) in [5.41, 5.74) is 3.16. The molecule has 5 nitrogen and oxygen atoms in total. The van der Waals surface area contributed by atoms with E-state index in [0.717, 1.165) is 5.56 Å². The van der Waals surface area contributed by atoms with Gasteiger partial charge in [-0.1, -0.05) is 29.5 Å². The first-order valence-electron chi connectivity index (χ1n) is 8.56. The lowest BCUT2D eigenvalue weighted by Gasteiger charge is -2.12. The first kappa shape index (κ1) is 18.3. The van der Waals surface area contributed by atoms with Gasteiger partial charge in [-0.3, -0.25) is 9.36 Å². The third-order valence-electron chi connectivity index (χ3n) is 3.97. The number of aryl methyl sites for hydroxylation is 1. The lowest BCUT2D eigenvalue weighted by Crippen LogP contribution is -2.13. The fourth-order valence-corrected chi connectivity index (χ4v) is 3.31. The quantitative estimate of drug-likeness (QED) is 0.596. The summed E-state index contributed by atoms with van der Waals surface area (Å²) >= 11 is 1.44. The molecule has 3 rings (SSSR count). The van der Waals surface area contributed by atoms with Crippen LogP contribution in [0.2, 0.25) is 0 Å². The Morgan fingerprint density at radius 2 is 1.69 bits per heavy atom. The van der Waals surface area contributed by atoms with Crippen LogP contribution in [0.25, 0.3) is 11.0 Å². The second-order valence-corrected chi connectivity index (χ2v) is 6.53. The molecule has 0 N–H and O–H groups in total. The first-order valence-corrected chi connectivity index (χ1v) is 9.79. The van der Waals surface area contributed by atoms with Gasteiger partial charge in [0, 0.05) is 17.7 Å². The molecule has 0 radical (unpaired) electrons. The number of nitrogens with zero attached hydrogens (tertiary/aromatic N) is 2. The molecular formula is C20H22N2O3S. The van der Waals surface area contributed by atoms with Crippen molar-refractivity contribution in [3.8, 4) is 11.5 Å². The van der Waals surface area contributed by atoms with E-state index >= 15 is 0 Å². The Labute approximate surface area is 157 Å². The van der Waals surface area contributed by atoms with Gasteiger partial charge in [-0.2, -0.15) is 0 Å². The molecule has 0 aliphatic heterocycles. The van der Waals surface area contributed by atoms with E-state index in [0.29, 0.717) is 46.5 Å². The summed E-state index contributed by atoms with van der Waals surface area (Å²) in [6.07, 6.45) is 1.91. The molecule has 0 atom stereocenters. The maximum absolute atomic E-state index is 13.1. The van der Waals surface area contributed by atoms with Crippen LogP contribution in [-0.4, -0.2) is 34.9 Å². The fraction of sp³-hybridized carbons (Fsp3) is 0.300. The van der Waals surface area contributed by atoms with Crippen LogP contribution in [-0.2, 0) is 0 Å². The smallest absolute Gasteiger partial charge is 0.264 e. The van der Waals surface area contributed by atoms with Crippen molar-refractivity contribution in [3.63, 3.8) is 0 Å². The largest absolute Gasteiger partial charge is 0.490 e. The Bertz CT molecular complexity index is 932. The Morgan fingerprint density at radius 3 is 2.27 bits per heavy atom. The number of hydrogen-bond acceptors (Lipinski definition) is 5. The van der Waals surface area contributed by atoms with Gasteiger partial charge in [-0.15, -0.1) is 0 Å². The van der Waals surface area contributed by atoms with Gasteiger partial charge in [0.1, 0.15) is 0 Å². The molecule has 26 heavy (non-hydrogen) atoms. The van der Waals surface area contributed by atoms with Crippen molar-refractivity contribution in [2.75, 3.05) is 19.5 Å². The van der Waals surface area contributed by atoms with E-state index in [1.54, 1.807) is 4.57 Å². The Kier molecular flexibility index (Phi) is 5.52. The number of hydrogen-bond donors (Lipinski definition) is 0. The minimum atomic E-state index is -0.108. The zero-order valence-corrected chi connectivity index (χ0v) is 16.2. The van der Waals surface area contributed by atoms with Gasteiger partial charge in [0.2, 0.25) is 0 Å². The van der Waals surface area contributed by atoms with Gasteiger partial charge in [-0.05, 0) is 39.2 Å². The first-order chi connectivity index (χ1) is 12.6. The second kappa shape index (κ2) is 7.83. The summed E-state index contributed by atoms with van der Waals surface area (Å²) in [5.74, 6) is 1.15. The van der Waals surface area contributed by atoms with E-state index in [4.69, 9.17) is 9.47 Å². The zero-order valence-electron chi connectivity index (χ0n) is 15.4. The number of carbonyl (C=O) groups is 1. The van der Waals surface area contributed by atoms with E-state index < -0.39 is 0 Å². The van der Waals surface area contributed by atoms with Gasteiger partial charge in [0.15, 0.2) is 16.7 Å². The van der Waals surface area contributed by atoms with Crippen LogP contribution in [0, 0.1) is 6.92 Å². The van der Waals surface area contributed by atoms with Crippen LogP contribution in [0.15, 0.2) is 41.6 Å². The predicted molar refractivity (Wildman–Crippen MR) is 105 cm³/mol. The van der Waals surface area contributed by atoms with Crippen molar-refractivity contribution >= 4 is 28.7 Å². The Balaban J connectivity index is 2.18. The highest BCUT2D eigenvalue weighted by atomic mass is 32.2. The SMILES string of the molecule is CCOc1cc2nc(SC)n(C(=O)c3ccc(C)cc3)c2cc1OCC. The van der Waals surface area contributed by atoms with Gasteiger partial charge < -0.3 is 9.47 Å².